The fourth-order valence-corrected chi connectivity index (χ4v) is 2.69. The summed E-state index contributed by atoms with van der Waals surface area (Å²) < 4.78 is 0. The number of rotatable bonds is 4. The maximum Gasteiger partial charge on any atom is 0.253 e. The van der Waals surface area contributed by atoms with E-state index in [4.69, 9.17) is 11.6 Å². The van der Waals surface area contributed by atoms with Crippen LogP contribution in [0, 0.1) is 0 Å². The zero-order chi connectivity index (χ0) is 17.0. The van der Waals surface area contributed by atoms with Crippen LogP contribution >= 0.6 is 11.6 Å². The number of halogens is 1. The predicted molar refractivity (Wildman–Crippen MR) is 91.7 cm³/mol. The highest BCUT2D eigenvalue weighted by atomic mass is 35.5. The van der Waals surface area contributed by atoms with Crippen LogP contribution in [0.1, 0.15) is 24.2 Å². The van der Waals surface area contributed by atoms with Gasteiger partial charge in [0.2, 0.25) is 5.91 Å². The molecule has 126 valence electrons. The highest BCUT2D eigenvalue weighted by Gasteiger charge is 2.24. The summed E-state index contributed by atoms with van der Waals surface area (Å²) in [6.45, 7) is 7.09. The van der Waals surface area contributed by atoms with Crippen LogP contribution in [-0.4, -0.2) is 72.3 Å². The van der Waals surface area contributed by atoms with Crippen LogP contribution in [0.15, 0.2) is 24.3 Å². The summed E-state index contributed by atoms with van der Waals surface area (Å²) in [5, 5.41) is 0.566. The minimum atomic E-state index is -0.00206. The van der Waals surface area contributed by atoms with E-state index >= 15 is 0 Å². The molecule has 0 N–H and O–H groups in total. The molecule has 23 heavy (non-hydrogen) atoms. The molecular formula is C17H24ClN3O2. The molecule has 1 aromatic carbocycles. The monoisotopic (exact) mass is 337 g/mol. The summed E-state index contributed by atoms with van der Waals surface area (Å²) in [6, 6.07) is 7.21. The van der Waals surface area contributed by atoms with Crippen molar-refractivity contribution in [3.8, 4) is 0 Å². The molecule has 1 fully saturated rings. The van der Waals surface area contributed by atoms with Crippen molar-refractivity contribution in [1.82, 2.24) is 14.7 Å². The number of benzene rings is 1. The van der Waals surface area contributed by atoms with Gasteiger partial charge in [0.1, 0.15) is 0 Å². The summed E-state index contributed by atoms with van der Waals surface area (Å²) >= 11 is 5.94. The summed E-state index contributed by atoms with van der Waals surface area (Å²) in [5.74, 6) is 0.118. The Morgan fingerprint density at radius 3 is 2.43 bits per heavy atom. The minimum absolute atomic E-state index is 0.00206. The van der Waals surface area contributed by atoms with Gasteiger partial charge in [0.15, 0.2) is 0 Å². The van der Waals surface area contributed by atoms with Gasteiger partial charge in [0.05, 0.1) is 6.54 Å². The smallest absolute Gasteiger partial charge is 0.253 e. The average molecular weight is 338 g/mol. The Morgan fingerprint density at radius 2 is 1.87 bits per heavy atom. The van der Waals surface area contributed by atoms with Gasteiger partial charge in [-0.2, -0.15) is 0 Å². The van der Waals surface area contributed by atoms with Crippen molar-refractivity contribution < 1.29 is 9.59 Å². The highest BCUT2D eigenvalue weighted by Crippen LogP contribution is 2.14. The Bertz CT molecular complexity index is 569. The predicted octanol–water partition coefficient (Wildman–Crippen LogP) is 1.96. The first-order valence-electron chi connectivity index (χ1n) is 7.91. The third kappa shape index (κ3) is 4.69. The van der Waals surface area contributed by atoms with Gasteiger partial charge in [-0.3, -0.25) is 14.5 Å². The number of nitrogens with zero attached hydrogens (tertiary/aromatic N) is 3. The molecule has 1 heterocycles. The second-order valence-electron chi connectivity index (χ2n) is 6.18. The summed E-state index contributed by atoms with van der Waals surface area (Å²) in [7, 11) is 1.83. The molecule has 0 unspecified atom stereocenters. The van der Waals surface area contributed by atoms with E-state index in [1.54, 1.807) is 29.2 Å². The lowest BCUT2D eigenvalue weighted by molar-refractivity contribution is -0.132. The number of hydrogen-bond acceptors (Lipinski definition) is 3. The lowest BCUT2D eigenvalue weighted by atomic mass is 10.2. The standard InChI is InChI=1S/C17H24ClN3O2/c1-13(2)19(3)16(22)12-20-7-9-21(10-8-20)17(23)14-5-4-6-15(18)11-14/h4-6,11,13H,7-10,12H2,1-3H3. The Kier molecular flexibility index (Phi) is 6.02. The van der Waals surface area contributed by atoms with E-state index in [2.05, 4.69) is 4.90 Å². The topological polar surface area (TPSA) is 43.9 Å². The highest BCUT2D eigenvalue weighted by molar-refractivity contribution is 6.30. The fraction of sp³-hybridized carbons (Fsp3) is 0.529. The molecule has 0 radical (unpaired) electrons. The molecule has 1 aliphatic rings. The number of hydrogen-bond donors (Lipinski definition) is 0. The van der Waals surface area contributed by atoms with Crippen LogP contribution in [0.2, 0.25) is 5.02 Å². The Morgan fingerprint density at radius 1 is 1.22 bits per heavy atom. The van der Waals surface area contributed by atoms with Gasteiger partial charge in [0, 0.05) is 49.9 Å². The summed E-state index contributed by atoms with van der Waals surface area (Å²) in [4.78, 5) is 30.2. The van der Waals surface area contributed by atoms with E-state index in [-0.39, 0.29) is 17.9 Å². The summed E-state index contributed by atoms with van der Waals surface area (Å²) in [5.41, 5.74) is 0.613. The molecular weight excluding hydrogens is 314 g/mol. The fourth-order valence-electron chi connectivity index (χ4n) is 2.50. The second-order valence-corrected chi connectivity index (χ2v) is 6.61. The lowest BCUT2D eigenvalue weighted by Crippen LogP contribution is -2.51. The molecule has 2 amide bonds. The normalized spacial score (nSPS) is 15.8. The SMILES string of the molecule is CC(C)N(C)C(=O)CN1CCN(C(=O)c2cccc(Cl)c2)CC1. The molecule has 5 nitrogen and oxygen atoms in total. The van der Waals surface area contributed by atoms with Crippen molar-refractivity contribution in [3.63, 3.8) is 0 Å². The Labute approximate surface area is 142 Å². The molecule has 1 saturated heterocycles. The van der Waals surface area contributed by atoms with E-state index in [1.165, 1.54) is 0 Å². The van der Waals surface area contributed by atoms with Crippen molar-refractivity contribution in [3.05, 3.63) is 34.9 Å². The number of carbonyl (C=O) groups is 2. The zero-order valence-electron chi connectivity index (χ0n) is 14.0. The van der Waals surface area contributed by atoms with Crippen LogP contribution in [0.25, 0.3) is 0 Å². The summed E-state index contributed by atoms with van der Waals surface area (Å²) in [6.07, 6.45) is 0. The maximum atomic E-state index is 12.5. The first-order chi connectivity index (χ1) is 10.9. The van der Waals surface area contributed by atoms with E-state index in [0.717, 1.165) is 0 Å². The molecule has 1 aliphatic heterocycles. The largest absolute Gasteiger partial charge is 0.342 e. The van der Waals surface area contributed by atoms with Crippen LogP contribution in [-0.2, 0) is 4.79 Å². The Hall–Kier alpha value is -1.59. The van der Waals surface area contributed by atoms with Crippen LogP contribution < -0.4 is 0 Å². The molecule has 6 heteroatoms. The van der Waals surface area contributed by atoms with E-state index < -0.39 is 0 Å². The average Bonchev–Trinajstić information content (AvgIpc) is 2.54. The molecule has 2 rings (SSSR count). The second kappa shape index (κ2) is 7.79. The number of piperazine rings is 1. The first kappa shape index (κ1) is 17.8. The van der Waals surface area contributed by atoms with Crippen molar-refractivity contribution in [2.24, 2.45) is 0 Å². The molecule has 0 aromatic heterocycles. The van der Waals surface area contributed by atoms with Gasteiger partial charge in [-0.1, -0.05) is 17.7 Å². The molecule has 0 atom stereocenters. The van der Waals surface area contributed by atoms with Crippen LogP contribution in [0.3, 0.4) is 0 Å². The quantitative estimate of drug-likeness (QED) is 0.843. The van der Waals surface area contributed by atoms with Crippen LogP contribution in [0.5, 0.6) is 0 Å². The van der Waals surface area contributed by atoms with Crippen molar-refractivity contribution in [1.29, 1.82) is 0 Å². The van der Waals surface area contributed by atoms with E-state index in [0.29, 0.717) is 43.3 Å². The minimum Gasteiger partial charge on any atom is -0.342 e. The van der Waals surface area contributed by atoms with Gasteiger partial charge in [0.25, 0.3) is 5.91 Å². The third-order valence-electron chi connectivity index (χ3n) is 4.26. The number of likely N-dealkylation sites (N-methyl/N-ethyl adjacent to an activating group) is 1. The zero-order valence-corrected chi connectivity index (χ0v) is 14.7. The number of amides is 2. The first-order valence-corrected chi connectivity index (χ1v) is 8.29. The van der Waals surface area contributed by atoms with Gasteiger partial charge in [-0.15, -0.1) is 0 Å². The Balaban J connectivity index is 1.86. The van der Waals surface area contributed by atoms with Gasteiger partial charge in [-0.25, -0.2) is 0 Å². The molecule has 0 spiro atoms. The van der Waals surface area contributed by atoms with Gasteiger partial charge >= 0.3 is 0 Å². The van der Waals surface area contributed by atoms with Crippen LogP contribution in [0.4, 0.5) is 0 Å². The third-order valence-corrected chi connectivity index (χ3v) is 4.49. The lowest BCUT2D eigenvalue weighted by Gasteiger charge is -2.35. The van der Waals surface area contributed by atoms with Crippen molar-refractivity contribution in [2.45, 2.75) is 19.9 Å². The molecule has 0 saturated carbocycles. The van der Waals surface area contributed by atoms with E-state index in [9.17, 15) is 9.59 Å². The maximum absolute atomic E-state index is 12.5. The van der Waals surface area contributed by atoms with Gasteiger partial charge < -0.3 is 9.80 Å². The van der Waals surface area contributed by atoms with Crippen molar-refractivity contribution >= 4 is 23.4 Å². The van der Waals surface area contributed by atoms with E-state index in [1.807, 2.05) is 25.8 Å². The molecule has 0 aliphatic carbocycles. The number of carbonyl (C=O) groups excluding carboxylic acids is 2. The molecule has 0 bridgehead atoms. The molecule has 1 aromatic rings. The van der Waals surface area contributed by atoms with Crippen molar-refractivity contribution in [2.75, 3.05) is 39.8 Å². The van der Waals surface area contributed by atoms with Gasteiger partial charge in [-0.05, 0) is 32.0 Å².